The molecule has 0 spiro atoms. The molecule has 1 aliphatic carbocycles. The number of carbonyl (C=O) groups is 5. The van der Waals surface area contributed by atoms with E-state index in [0.717, 1.165) is 30.2 Å². The van der Waals surface area contributed by atoms with Crippen molar-refractivity contribution in [3.05, 3.63) is 29.1 Å². The lowest BCUT2D eigenvalue weighted by atomic mass is 9.87. The quantitative estimate of drug-likeness (QED) is 0.349. The van der Waals surface area contributed by atoms with Crippen molar-refractivity contribution in [3.8, 4) is 0 Å². The molecule has 3 aliphatic rings. The third-order valence-electron chi connectivity index (χ3n) is 6.12. The first kappa shape index (κ1) is 27.0. The van der Waals surface area contributed by atoms with Crippen molar-refractivity contribution in [2.45, 2.75) is 56.8 Å². The number of hydrogen-bond acceptors (Lipinski definition) is 7. The van der Waals surface area contributed by atoms with E-state index in [9.17, 15) is 41.8 Å². The van der Waals surface area contributed by atoms with Gasteiger partial charge in [0, 0.05) is 13.0 Å². The molecular formula is C22H23F4N3O7. The van der Waals surface area contributed by atoms with Crippen molar-refractivity contribution in [2.24, 2.45) is 5.92 Å². The molecule has 1 aromatic rings. The van der Waals surface area contributed by atoms with Gasteiger partial charge in [-0.05, 0) is 43.7 Å². The van der Waals surface area contributed by atoms with E-state index in [1.165, 1.54) is 6.07 Å². The van der Waals surface area contributed by atoms with E-state index in [2.05, 4.69) is 10.6 Å². The van der Waals surface area contributed by atoms with Crippen LogP contribution in [0.3, 0.4) is 0 Å². The summed E-state index contributed by atoms with van der Waals surface area (Å²) in [6.45, 7) is 0.365. The summed E-state index contributed by atoms with van der Waals surface area (Å²) in [6.07, 6.45) is -2.29. The highest BCUT2D eigenvalue weighted by molar-refractivity contribution is 6.25. The van der Waals surface area contributed by atoms with Crippen LogP contribution in [0.1, 0.15) is 59.2 Å². The third-order valence-corrected chi connectivity index (χ3v) is 6.12. The van der Waals surface area contributed by atoms with Gasteiger partial charge in [-0.2, -0.15) is 13.2 Å². The molecule has 14 heteroatoms. The number of carboxylic acids is 1. The molecule has 0 aromatic heterocycles. The van der Waals surface area contributed by atoms with Crippen molar-refractivity contribution in [1.82, 2.24) is 10.2 Å². The number of nitrogens with zero attached hydrogens (tertiary/aromatic N) is 1. The van der Waals surface area contributed by atoms with E-state index in [0.29, 0.717) is 13.0 Å². The number of alkyl halides is 3. The Bertz CT molecular complexity index is 1090. The van der Waals surface area contributed by atoms with E-state index >= 15 is 0 Å². The van der Waals surface area contributed by atoms with Crippen LogP contribution in [0.15, 0.2) is 12.1 Å². The number of fused-ring (bicyclic) bond motifs is 1. The topological polar surface area (TPSA) is 153 Å². The Hall–Kier alpha value is -3.55. The second-order valence-electron chi connectivity index (χ2n) is 8.66. The Kier molecular flexibility index (Phi) is 7.96. The van der Waals surface area contributed by atoms with E-state index in [-0.39, 0.29) is 41.7 Å². The van der Waals surface area contributed by atoms with Gasteiger partial charge >= 0.3 is 12.1 Å². The van der Waals surface area contributed by atoms with E-state index < -0.39 is 47.6 Å². The van der Waals surface area contributed by atoms with Gasteiger partial charge in [0.15, 0.2) is 0 Å². The Labute approximate surface area is 201 Å². The standard InChI is InChI=1S/C20H22FN3O5.C2HF3O2/c21-13-5-4-12-16(17(13)22-9-10-2-1-3-11(25)8-10)20(29)24(19(12)28)14-6-7-15(26)23-18(14)27;3-2(4,5)1(6)7/h4-5,10-11,14,22,25H,1-3,6-9H2,(H,23,26,27);(H,6,7). The van der Waals surface area contributed by atoms with Crippen molar-refractivity contribution >= 4 is 35.3 Å². The fraction of sp³-hybridized carbons (Fsp3) is 0.500. The van der Waals surface area contributed by atoms with Crippen LogP contribution in [-0.4, -0.2) is 69.6 Å². The predicted molar refractivity (Wildman–Crippen MR) is 113 cm³/mol. The number of anilines is 1. The summed E-state index contributed by atoms with van der Waals surface area (Å²) in [5.41, 5.74) is -0.112. The zero-order valence-corrected chi connectivity index (χ0v) is 18.7. The lowest BCUT2D eigenvalue weighted by molar-refractivity contribution is -0.192. The summed E-state index contributed by atoms with van der Waals surface area (Å²) in [5.74, 6) is -5.86. The number of piperidine rings is 1. The number of amides is 4. The number of carbonyl (C=O) groups excluding carboxylic acids is 4. The van der Waals surface area contributed by atoms with Crippen LogP contribution in [0.4, 0.5) is 23.2 Å². The number of hydrogen-bond donors (Lipinski definition) is 4. The number of rotatable bonds is 4. The normalized spacial score (nSPS) is 24.0. The number of aliphatic carboxylic acids is 1. The molecule has 4 rings (SSSR count). The first-order valence-electron chi connectivity index (χ1n) is 11.1. The molecule has 2 heterocycles. The molecule has 2 aliphatic heterocycles. The molecule has 1 aromatic carbocycles. The maximum absolute atomic E-state index is 14.6. The zero-order valence-electron chi connectivity index (χ0n) is 18.7. The SMILES string of the molecule is O=C(O)C(F)(F)F.O=C1CCC(N2C(=O)c3ccc(F)c(NCC4CCCC(O)C4)c3C2=O)C(=O)N1. The fourth-order valence-electron chi connectivity index (χ4n) is 4.40. The van der Waals surface area contributed by atoms with Crippen LogP contribution in [0.2, 0.25) is 0 Å². The van der Waals surface area contributed by atoms with E-state index in [4.69, 9.17) is 9.90 Å². The monoisotopic (exact) mass is 517 g/mol. The molecule has 1 saturated heterocycles. The number of aliphatic hydroxyl groups is 1. The lowest BCUT2D eigenvalue weighted by Crippen LogP contribution is -2.54. The van der Waals surface area contributed by atoms with Crippen molar-refractivity contribution in [1.29, 1.82) is 0 Å². The summed E-state index contributed by atoms with van der Waals surface area (Å²) in [7, 11) is 0. The lowest BCUT2D eigenvalue weighted by Gasteiger charge is -2.28. The van der Waals surface area contributed by atoms with Gasteiger partial charge in [0.05, 0.1) is 22.9 Å². The number of benzene rings is 1. The van der Waals surface area contributed by atoms with E-state index in [1.54, 1.807) is 0 Å². The van der Waals surface area contributed by atoms with Crippen molar-refractivity contribution in [2.75, 3.05) is 11.9 Å². The Balaban J connectivity index is 0.000000454. The first-order chi connectivity index (χ1) is 16.8. The minimum Gasteiger partial charge on any atom is -0.475 e. The summed E-state index contributed by atoms with van der Waals surface area (Å²) >= 11 is 0. The maximum atomic E-state index is 14.6. The van der Waals surface area contributed by atoms with Gasteiger partial charge in [0.2, 0.25) is 11.8 Å². The maximum Gasteiger partial charge on any atom is 0.490 e. The van der Waals surface area contributed by atoms with E-state index in [1.807, 2.05) is 0 Å². The summed E-state index contributed by atoms with van der Waals surface area (Å²) in [6, 6.07) is 1.27. The van der Waals surface area contributed by atoms with Crippen LogP contribution in [-0.2, 0) is 14.4 Å². The number of aliphatic hydroxyl groups excluding tert-OH is 1. The average molecular weight is 517 g/mol. The van der Waals surface area contributed by atoms with Crippen LogP contribution in [0.5, 0.6) is 0 Å². The Morgan fingerprint density at radius 2 is 1.78 bits per heavy atom. The second kappa shape index (κ2) is 10.6. The molecule has 10 nitrogen and oxygen atoms in total. The molecule has 3 atom stereocenters. The first-order valence-corrected chi connectivity index (χ1v) is 11.1. The number of carboxylic acid groups (broad SMARTS) is 1. The van der Waals surface area contributed by atoms with Crippen molar-refractivity contribution in [3.63, 3.8) is 0 Å². The predicted octanol–water partition coefficient (Wildman–Crippen LogP) is 1.82. The van der Waals surface area contributed by atoms with Gasteiger partial charge in [-0.3, -0.25) is 29.4 Å². The highest BCUT2D eigenvalue weighted by Crippen LogP contribution is 2.35. The van der Waals surface area contributed by atoms with Gasteiger partial charge in [-0.15, -0.1) is 0 Å². The minimum atomic E-state index is -5.08. The van der Waals surface area contributed by atoms with Crippen LogP contribution < -0.4 is 10.6 Å². The molecule has 2 fully saturated rings. The Morgan fingerprint density at radius 1 is 1.11 bits per heavy atom. The van der Waals surface area contributed by atoms with Crippen LogP contribution in [0, 0.1) is 11.7 Å². The third kappa shape index (κ3) is 5.80. The summed E-state index contributed by atoms with van der Waals surface area (Å²) in [4.78, 5) is 59.1. The molecule has 0 radical (unpaired) electrons. The van der Waals surface area contributed by atoms with Gasteiger partial charge in [-0.25, -0.2) is 9.18 Å². The molecule has 0 bridgehead atoms. The molecule has 3 unspecified atom stereocenters. The minimum absolute atomic E-state index is 0.0211. The highest BCUT2D eigenvalue weighted by atomic mass is 19.4. The molecule has 4 N–H and O–H groups in total. The highest BCUT2D eigenvalue weighted by Gasteiger charge is 2.46. The van der Waals surface area contributed by atoms with Crippen LogP contribution in [0.25, 0.3) is 0 Å². The number of nitrogens with one attached hydrogen (secondary N) is 2. The molecule has 1 saturated carbocycles. The molecule has 196 valence electrons. The largest absolute Gasteiger partial charge is 0.490 e. The van der Waals surface area contributed by atoms with Gasteiger partial charge in [0.25, 0.3) is 11.8 Å². The van der Waals surface area contributed by atoms with Crippen LogP contribution >= 0.6 is 0 Å². The summed E-state index contributed by atoms with van der Waals surface area (Å²) in [5, 5.41) is 22.0. The number of halogens is 4. The molecule has 4 amide bonds. The summed E-state index contributed by atoms with van der Waals surface area (Å²) < 4.78 is 46.3. The average Bonchev–Trinajstić information content (AvgIpc) is 3.03. The van der Waals surface area contributed by atoms with Gasteiger partial charge in [0.1, 0.15) is 11.9 Å². The van der Waals surface area contributed by atoms with Gasteiger partial charge in [-0.1, -0.05) is 6.42 Å². The number of imide groups is 2. The molecular weight excluding hydrogens is 494 g/mol. The van der Waals surface area contributed by atoms with Gasteiger partial charge < -0.3 is 15.5 Å². The Morgan fingerprint density at radius 3 is 2.36 bits per heavy atom. The smallest absolute Gasteiger partial charge is 0.475 e. The second-order valence-corrected chi connectivity index (χ2v) is 8.66. The molecule has 36 heavy (non-hydrogen) atoms. The fourth-order valence-corrected chi connectivity index (χ4v) is 4.40. The van der Waals surface area contributed by atoms with Crippen molar-refractivity contribution < 1.29 is 51.7 Å². The zero-order chi connectivity index (χ0) is 26.8.